The molecule has 0 amide bonds. The number of aromatic nitrogens is 2. The maximum Gasteiger partial charge on any atom is 0.0924 e. The molecule has 124 valence electrons. The zero-order chi connectivity index (χ0) is 16.9. The van der Waals surface area contributed by atoms with Gasteiger partial charge in [0.25, 0.3) is 0 Å². The first-order chi connectivity index (χ1) is 11.6. The lowest BCUT2D eigenvalue weighted by atomic mass is 10.0. The summed E-state index contributed by atoms with van der Waals surface area (Å²) in [7, 11) is 0. The molecule has 0 bridgehead atoms. The van der Waals surface area contributed by atoms with E-state index in [0.717, 1.165) is 71.2 Å². The normalized spacial score (nSPS) is 12.9. The molecule has 0 fully saturated rings. The van der Waals surface area contributed by atoms with E-state index in [4.69, 9.17) is 21.6 Å². The lowest BCUT2D eigenvalue weighted by Crippen LogP contribution is -2.35. The van der Waals surface area contributed by atoms with Gasteiger partial charge in [0.15, 0.2) is 0 Å². The largest absolute Gasteiger partial charge is 0.249 e. The zero-order valence-electron chi connectivity index (χ0n) is 14.2. The zero-order valence-corrected chi connectivity index (χ0v) is 14.9. The Morgan fingerprint density at radius 1 is 1.04 bits per heavy atom. The Morgan fingerprint density at radius 2 is 1.71 bits per heavy atom. The molecule has 3 rings (SSSR count). The lowest BCUT2D eigenvalue weighted by molar-refractivity contribution is 0.715. The molecule has 24 heavy (non-hydrogen) atoms. The molecule has 0 spiro atoms. The number of aryl methyl sites for hydroxylation is 1. The average molecular weight is 339 g/mol. The summed E-state index contributed by atoms with van der Waals surface area (Å²) in [6.45, 7) is 6.07. The molecule has 0 unspecified atom stereocenters. The molecule has 1 aliphatic carbocycles. The fraction of sp³-hybridized carbons (Fsp3) is 0.333. The number of fused-ring (bicyclic) bond motifs is 1. The second-order valence-electron chi connectivity index (χ2n) is 6.45. The molecule has 0 aliphatic heterocycles. The van der Waals surface area contributed by atoms with Crippen LogP contribution in [0.25, 0.3) is 23.4 Å². The highest BCUT2D eigenvalue weighted by atomic mass is 35.5. The fourth-order valence-corrected chi connectivity index (χ4v) is 3.10. The van der Waals surface area contributed by atoms with E-state index in [1.54, 1.807) is 0 Å². The Hall–Kier alpha value is -1.93. The number of unbranched alkanes of at least 4 members (excludes halogenated alkanes) is 1. The highest BCUT2D eigenvalue weighted by Crippen LogP contribution is 2.22. The van der Waals surface area contributed by atoms with Crippen LogP contribution in [0.3, 0.4) is 0 Å². The summed E-state index contributed by atoms with van der Waals surface area (Å²) >= 11 is 6.03. The molecule has 0 N–H and O–H groups in total. The van der Waals surface area contributed by atoms with Gasteiger partial charge in [-0.25, -0.2) is 9.97 Å². The van der Waals surface area contributed by atoms with Crippen LogP contribution in [0.4, 0.5) is 0 Å². The summed E-state index contributed by atoms with van der Waals surface area (Å²) in [6.07, 6.45) is 10.7. The van der Waals surface area contributed by atoms with E-state index < -0.39 is 0 Å². The summed E-state index contributed by atoms with van der Waals surface area (Å²) in [6, 6.07) is 7.89. The second-order valence-corrected chi connectivity index (χ2v) is 6.88. The van der Waals surface area contributed by atoms with Gasteiger partial charge in [-0.15, -0.1) is 6.58 Å². The molecule has 0 radical (unpaired) electrons. The monoisotopic (exact) mass is 338 g/mol. The van der Waals surface area contributed by atoms with Crippen LogP contribution in [0.1, 0.15) is 44.7 Å². The predicted molar refractivity (Wildman–Crippen MR) is 102 cm³/mol. The number of benzene rings is 1. The number of hydrogen-bond acceptors (Lipinski definition) is 2. The molecule has 1 aromatic carbocycles. The van der Waals surface area contributed by atoms with Gasteiger partial charge in [0, 0.05) is 10.6 Å². The van der Waals surface area contributed by atoms with Crippen LogP contribution in [-0.2, 0) is 6.42 Å². The fourth-order valence-electron chi connectivity index (χ4n) is 2.97. The standard InChI is InChI=1S/C21H23ClN2/c1-15(2)7-3-4-10-20-21(16-11-13-17(22)14-12-16)24-19-9-6-5-8-18(19)23-20/h8-9,11-14H,1,3-7,10H2,2H3. The van der Waals surface area contributed by atoms with Crippen LogP contribution in [0.15, 0.2) is 36.4 Å². The van der Waals surface area contributed by atoms with Crippen molar-refractivity contribution in [2.75, 3.05) is 0 Å². The summed E-state index contributed by atoms with van der Waals surface area (Å²) in [5.41, 5.74) is 4.41. The molecule has 1 aliphatic rings. The third-order valence-corrected chi connectivity index (χ3v) is 4.50. The number of halogens is 1. The van der Waals surface area contributed by atoms with Gasteiger partial charge in [0.2, 0.25) is 0 Å². The maximum atomic E-state index is 6.03. The van der Waals surface area contributed by atoms with Crippen LogP contribution in [0, 0.1) is 0 Å². The molecule has 0 saturated carbocycles. The van der Waals surface area contributed by atoms with E-state index >= 15 is 0 Å². The first-order valence-corrected chi connectivity index (χ1v) is 8.99. The van der Waals surface area contributed by atoms with Crippen LogP contribution in [-0.4, -0.2) is 9.97 Å². The molecule has 1 heterocycles. The van der Waals surface area contributed by atoms with E-state index in [1.165, 1.54) is 5.57 Å². The lowest BCUT2D eigenvalue weighted by Gasteiger charge is -2.10. The number of rotatable bonds is 6. The Kier molecular flexibility index (Phi) is 5.47. The smallest absolute Gasteiger partial charge is 0.0924 e. The third kappa shape index (κ3) is 4.12. The van der Waals surface area contributed by atoms with Crippen molar-refractivity contribution < 1.29 is 0 Å². The first kappa shape index (κ1) is 16.9. The van der Waals surface area contributed by atoms with E-state index in [9.17, 15) is 0 Å². The van der Waals surface area contributed by atoms with Crippen molar-refractivity contribution in [2.45, 2.75) is 45.4 Å². The van der Waals surface area contributed by atoms with Gasteiger partial charge in [-0.2, -0.15) is 0 Å². The van der Waals surface area contributed by atoms with Gasteiger partial charge in [0.05, 0.1) is 22.1 Å². The molecular weight excluding hydrogens is 316 g/mol. The Morgan fingerprint density at radius 3 is 2.38 bits per heavy atom. The van der Waals surface area contributed by atoms with Crippen LogP contribution in [0.5, 0.6) is 0 Å². The summed E-state index contributed by atoms with van der Waals surface area (Å²) in [4.78, 5) is 9.84. The van der Waals surface area contributed by atoms with Crippen LogP contribution in [0.2, 0.25) is 5.02 Å². The number of allylic oxidation sites excluding steroid dienone is 1. The van der Waals surface area contributed by atoms with Crippen molar-refractivity contribution >= 4 is 23.8 Å². The Labute approximate surface area is 148 Å². The topological polar surface area (TPSA) is 25.8 Å². The average Bonchev–Trinajstić information content (AvgIpc) is 2.58. The predicted octanol–water partition coefficient (Wildman–Crippen LogP) is 4.44. The highest BCUT2D eigenvalue weighted by Gasteiger charge is 2.11. The van der Waals surface area contributed by atoms with Gasteiger partial charge in [-0.05, 0) is 57.6 Å². The van der Waals surface area contributed by atoms with Crippen LogP contribution < -0.4 is 10.7 Å². The molecular formula is C21H23ClN2. The Balaban J connectivity index is 1.95. The van der Waals surface area contributed by atoms with E-state index in [0.29, 0.717) is 0 Å². The second kappa shape index (κ2) is 7.76. The molecule has 2 aromatic rings. The van der Waals surface area contributed by atoms with Gasteiger partial charge < -0.3 is 0 Å². The third-order valence-electron chi connectivity index (χ3n) is 4.25. The number of hydrogen-bond donors (Lipinski definition) is 0. The van der Waals surface area contributed by atoms with E-state index in [-0.39, 0.29) is 0 Å². The minimum Gasteiger partial charge on any atom is -0.249 e. The van der Waals surface area contributed by atoms with Gasteiger partial charge in [-0.1, -0.05) is 41.5 Å². The minimum absolute atomic E-state index is 0.743. The van der Waals surface area contributed by atoms with Crippen molar-refractivity contribution in [2.24, 2.45) is 0 Å². The molecule has 2 nitrogen and oxygen atoms in total. The SMILES string of the molecule is C=C(C)CCCCc1nc2c(nc1-c1ccc(Cl)cc1)=CCCC=2. The van der Waals surface area contributed by atoms with Crippen molar-refractivity contribution in [1.82, 2.24) is 9.97 Å². The molecule has 0 atom stereocenters. The Bertz CT molecular complexity index is 851. The van der Waals surface area contributed by atoms with Gasteiger partial charge in [-0.3, -0.25) is 0 Å². The van der Waals surface area contributed by atoms with Gasteiger partial charge >= 0.3 is 0 Å². The van der Waals surface area contributed by atoms with E-state index in [1.807, 2.05) is 24.3 Å². The quantitative estimate of drug-likeness (QED) is 0.574. The number of nitrogens with zero attached hydrogens (tertiary/aromatic N) is 2. The molecule has 0 saturated heterocycles. The van der Waals surface area contributed by atoms with Crippen molar-refractivity contribution in [3.8, 4) is 11.3 Å². The summed E-state index contributed by atoms with van der Waals surface area (Å²) in [5.74, 6) is 0. The maximum absolute atomic E-state index is 6.03. The first-order valence-electron chi connectivity index (χ1n) is 8.61. The van der Waals surface area contributed by atoms with Crippen molar-refractivity contribution in [3.63, 3.8) is 0 Å². The van der Waals surface area contributed by atoms with Crippen molar-refractivity contribution in [3.05, 3.63) is 57.8 Å². The summed E-state index contributed by atoms with van der Waals surface area (Å²) < 4.78 is 0. The van der Waals surface area contributed by atoms with Gasteiger partial charge in [0.1, 0.15) is 0 Å². The minimum atomic E-state index is 0.743. The highest BCUT2D eigenvalue weighted by molar-refractivity contribution is 6.30. The van der Waals surface area contributed by atoms with Crippen molar-refractivity contribution in [1.29, 1.82) is 0 Å². The van der Waals surface area contributed by atoms with E-state index in [2.05, 4.69) is 25.7 Å². The van der Waals surface area contributed by atoms with Crippen LogP contribution >= 0.6 is 11.6 Å². The molecule has 1 aromatic heterocycles. The molecule has 3 heteroatoms. The summed E-state index contributed by atoms with van der Waals surface area (Å²) in [5, 5.41) is 2.79.